The molecule has 1 amide bonds. The number of amides is 1. The van der Waals surface area contributed by atoms with Gasteiger partial charge in [-0.05, 0) is 34.1 Å². The minimum Gasteiger partial charge on any atom is -0.476 e. The minimum atomic E-state index is -0.510. The summed E-state index contributed by atoms with van der Waals surface area (Å²) in [6.07, 6.45) is 2.21. The van der Waals surface area contributed by atoms with Crippen LogP contribution < -0.4 is 4.74 Å². The molecule has 0 unspecified atom stereocenters. The highest BCUT2D eigenvalue weighted by molar-refractivity contribution is 5.78. The van der Waals surface area contributed by atoms with E-state index in [1.165, 1.54) is 5.56 Å². The average molecular weight is 471 g/mol. The molecule has 7 heteroatoms. The van der Waals surface area contributed by atoms with Gasteiger partial charge in [-0.25, -0.2) is 19.6 Å². The van der Waals surface area contributed by atoms with Gasteiger partial charge in [0.15, 0.2) is 5.69 Å². The molecule has 7 nitrogen and oxygen atoms in total. The Kier molecular flexibility index (Phi) is 7.02. The molecule has 0 N–H and O–H groups in total. The first-order valence-electron chi connectivity index (χ1n) is 11.7. The van der Waals surface area contributed by atoms with Gasteiger partial charge in [-0.1, -0.05) is 54.1 Å². The number of aryl methyl sites for hydroxylation is 1. The van der Waals surface area contributed by atoms with Gasteiger partial charge in [-0.3, -0.25) is 0 Å². The highest BCUT2D eigenvalue weighted by Gasteiger charge is 2.30. The van der Waals surface area contributed by atoms with E-state index in [4.69, 9.17) is 26.0 Å². The summed E-state index contributed by atoms with van der Waals surface area (Å²) in [5, 5.41) is 0. The first kappa shape index (κ1) is 24.2. The second kappa shape index (κ2) is 10.1. The normalized spacial score (nSPS) is 15.5. The van der Waals surface area contributed by atoms with Crippen molar-refractivity contribution in [3.8, 4) is 28.4 Å². The number of aromatic nitrogens is 2. The Hall–Kier alpha value is -3.92. The minimum absolute atomic E-state index is 0.197. The molecule has 0 saturated carbocycles. The Morgan fingerprint density at radius 1 is 1.09 bits per heavy atom. The maximum absolute atomic E-state index is 12.3. The molecular weight excluding hydrogens is 440 g/mol. The van der Waals surface area contributed by atoms with Gasteiger partial charge in [-0.15, -0.1) is 0 Å². The lowest BCUT2D eigenvalue weighted by Crippen LogP contribution is -2.35. The number of rotatable bonds is 5. The van der Waals surface area contributed by atoms with Crippen LogP contribution in [0.1, 0.15) is 32.8 Å². The predicted octanol–water partition coefficient (Wildman–Crippen LogP) is 6.31. The summed E-state index contributed by atoms with van der Waals surface area (Å²) in [5.41, 5.74) is 4.51. The molecule has 2 aromatic carbocycles. The lowest BCUT2D eigenvalue weighted by molar-refractivity contribution is 0.0284. The van der Waals surface area contributed by atoms with E-state index < -0.39 is 5.60 Å². The SMILES string of the molecule is [C-]#[N+]c1ccc(-c2nc(OC[C@@H]3CCN(C(=O)OC(C)(C)C)C3)cnc2-c2ccc(C)cc2)cc1. The Morgan fingerprint density at radius 2 is 1.74 bits per heavy atom. The number of ether oxygens (including phenoxy) is 2. The highest BCUT2D eigenvalue weighted by atomic mass is 16.6. The number of hydrogen-bond donors (Lipinski definition) is 0. The van der Waals surface area contributed by atoms with Gasteiger partial charge < -0.3 is 14.4 Å². The third-order valence-corrected chi connectivity index (χ3v) is 5.75. The molecule has 0 radical (unpaired) electrons. The van der Waals surface area contributed by atoms with Crippen LogP contribution in [0.25, 0.3) is 27.4 Å². The summed E-state index contributed by atoms with van der Waals surface area (Å²) < 4.78 is 11.5. The van der Waals surface area contributed by atoms with Crippen molar-refractivity contribution in [3.05, 3.63) is 71.7 Å². The van der Waals surface area contributed by atoms with E-state index in [0.717, 1.165) is 23.2 Å². The summed E-state index contributed by atoms with van der Waals surface area (Å²) in [4.78, 5) is 27.0. The summed E-state index contributed by atoms with van der Waals surface area (Å²) in [5.74, 6) is 0.628. The second-order valence-electron chi connectivity index (χ2n) is 9.82. The number of benzene rings is 2. The largest absolute Gasteiger partial charge is 0.476 e. The first-order chi connectivity index (χ1) is 16.7. The van der Waals surface area contributed by atoms with Crippen LogP contribution in [0, 0.1) is 19.4 Å². The Balaban J connectivity index is 1.51. The van der Waals surface area contributed by atoms with E-state index in [1.54, 1.807) is 23.2 Å². The highest BCUT2D eigenvalue weighted by Crippen LogP contribution is 2.32. The van der Waals surface area contributed by atoms with Gasteiger partial charge in [0.05, 0.1) is 25.1 Å². The van der Waals surface area contributed by atoms with Crippen LogP contribution in [0.15, 0.2) is 54.7 Å². The molecule has 2 heterocycles. The number of carbonyl (C=O) groups excluding carboxylic acids is 1. The molecule has 1 fully saturated rings. The molecule has 4 rings (SSSR count). The van der Waals surface area contributed by atoms with Crippen molar-refractivity contribution in [2.45, 2.75) is 39.7 Å². The van der Waals surface area contributed by atoms with E-state index >= 15 is 0 Å². The molecule has 1 aliphatic heterocycles. The molecule has 0 spiro atoms. The van der Waals surface area contributed by atoms with Crippen molar-refractivity contribution in [1.82, 2.24) is 14.9 Å². The smallest absolute Gasteiger partial charge is 0.410 e. The van der Waals surface area contributed by atoms with Gasteiger partial charge in [-0.2, -0.15) is 0 Å². The Labute approximate surface area is 206 Å². The molecule has 1 atom stereocenters. The molecule has 0 aliphatic carbocycles. The van der Waals surface area contributed by atoms with Gasteiger partial charge in [0.2, 0.25) is 5.88 Å². The monoisotopic (exact) mass is 470 g/mol. The maximum atomic E-state index is 12.3. The fraction of sp³-hybridized carbons (Fsp3) is 0.357. The zero-order valence-corrected chi connectivity index (χ0v) is 20.6. The number of hydrogen-bond acceptors (Lipinski definition) is 5. The van der Waals surface area contributed by atoms with Crippen molar-refractivity contribution in [1.29, 1.82) is 0 Å². The number of carbonyl (C=O) groups is 1. The lowest BCUT2D eigenvalue weighted by Gasteiger charge is -2.24. The maximum Gasteiger partial charge on any atom is 0.410 e. The summed E-state index contributed by atoms with van der Waals surface area (Å²) in [6.45, 7) is 16.5. The third kappa shape index (κ3) is 6.15. The van der Waals surface area contributed by atoms with E-state index in [0.29, 0.717) is 37.0 Å². The van der Waals surface area contributed by atoms with Crippen molar-refractivity contribution in [2.24, 2.45) is 5.92 Å². The molecule has 1 saturated heterocycles. The van der Waals surface area contributed by atoms with Crippen LogP contribution in [0.5, 0.6) is 5.88 Å². The quantitative estimate of drug-likeness (QED) is 0.409. The van der Waals surface area contributed by atoms with Gasteiger partial charge in [0.1, 0.15) is 11.3 Å². The van der Waals surface area contributed by atoms with Gasteiger partial charge in [0.25, 0.3) is 0 Å². The van der Waals surface area contributed by atoms with Crippen LogP contribution in [-0.4, -0.2) is 46.3 Å². The number of likely N-dealkylation sites (tertiary alicyclic amines) is 1. The van der Waals surface area contributed by atoms with Crippen molar-refractivity contribution in [2.75, 3.05) is 19.7 Å². The third-order valence-electron chi connectivity index (χ3n) is 5.75. The van der Waals surface area contributed by atoms with Crippen LogP contribution in [0.2, 0.25) is 0 Å². The summed E-state index contributed by atoms with van der Waals surface area (Å²) in [6, 6.07) is 15.5. The van der Waals surface area contributed by atoms with Crippen molar-refractivity contribution < 1.29 is 14.3 Å². The van der Waals surface area contributed by atoms with Crippen molar-refractivity contribution >= 4 is 11.8 Å². The van der Waals surface area contributed by atoms with E-state index in [9.17, 15) is 4.79 Å². The van der Waals surface area contributed by atoms with E-state index in [-0.39, 0.29) is 12.0 Å². The van der Waals surface area contributed by atoms with E-state index in [2.05, 4.69) is 4.85 Å². The van der Waals surface area contributed by atoms with Crippen LogP contribution >= 0.6 is 0 Å². The fourth-order valence-electron chi connectivity index (χ4n) is 3.92. The molecule has 1 aliphatic rings. The lowest BCUT2D eigenvalue weighted by atomic mass is 10.0. The Bertz CT molecular complexity index is 1230. The molecule has 0 bridgehead atoms. The van der Waals surface area contributed by atoms with Crippen LogP contribution in [0.3, 0.4) is 0 Å². The van der Waals surface area contributed by atoms with Crippen molar-refractivity contribution in [3.63, 3.8) is 0 Å². The fourth-order valence-corrected chi connectivity index (χ4v) is 3.92. The zero-order valence-electron chi connectivity index (χ0n) is 20.6. The standard InChI is InChI=1S/C28H30N4O3/c1-19-6-8-21(9-7-19)25-26(22-10-12-23(29-5)13-11-22)31-24(16-30-25)34-18-20-14-15-32(17-20)27(33)35-28(2,3)4/h6-13,16,20H,14-15,17-18H2,1-4H3/t20-/m1/s1. The van der Waals surface area contributed by atoms with E-state index in [1.807, 2.05) is 64.1 Å². The molecule has 180 valence electrons. The zero-order chi connectivity index (χ0) is 25.0. The second-order valence-corrected chi connectivity index (χ2v) is 9.82. The van der Waals surface area contributed by atoms with Gasteiger partial charge >= 0.3 is 6.09 Å². The Morgan fingerprint density at radius 3 is 2.40 bits per heavy atom. The molecule has 3 aromatic rings. The summed E-state index contributed by atoms with van der Waals surface area (Å²) >= 11 is 0. The van der Waals surface area contributed by atoms with Crippen LogP contribution in [-0.2, 0) is 4.74 Å². The molecule has 1 aromatic heterocycles. The molecular formula is C28H30N4O3. The van der Waals surface area contributed by atoms with Crippen LogP contribution in [0.4, 0.5) is 10.5 Å². The predicted molar refractivity (Wildman–Crippen MR) is 135 cm³/mol. The number of nitrogens with zero attached hydrogens (tertiary/aromatic N) is 4. The first-order valence-corrected chi connectivity index (χ1v) is 11.7. The summed E-state index contributed by atoms with van der Waals surface area (Å²) in [7, 11) is 0. The van der Waals surface area contributed by atoms with Gasteiger partial charge in [0, 0.05) is 30.1 Å². The average Bonchev–Trinajstić information content (AvgIpc) is 3.32. The molecule has 35 heavy (non-hydrogen) atoms. The topological polar surface area (TPSA) is 68.9 Å².